The molecule has 4 rings (SSSR count). The van der Waals surface area contributed by atoms with Crippen LogP contribution in [0.25, 0.3) is 0 Å². The van der Waals surface area contributed by atoms with Gasteiger partial charge in [0.1, 0.15) is 0 Å². The molecule has 4 fully saturated rings. The molecule has 8 heteroatoms. The van der Waals surface area contributed by atoms with Crippen LogP contribution in [0.15, 0.2) is 0 Å². The molecule has 4 aliphatic carbocycles. The standard InChI is InChI=1S/C28H49NO6S/c1-18(6-9-25(32)29(4)14-15-36(33,34)35-5)21-7-8-22-26-23(11-13-28(21,22)3)27(2)12-10-20(30)16-19(27)17-24(26)31/h18-24,26,30-31H,6-17H2,1-5H3/t18-,19+,20-,21-,22+,23+,24-,26+,27+,28-/m1/s1. The lowest BCUT2D eigenvalue weighted by Gasteiger charge is -2.62. The van der Waals surface area contributed by atoms with E-state index in [1.807, 2.05) is 0 Å². The Kier molecular flexibility index (Phi) is 8.23. The molecule has 0 unspecified atom stereocenters. The third-order valence-corrected chi connectivity index (χ3v) is 12.8. The highest BCUT2D eigenvalue weighted by molar-refractivity contribution is 7.86. The summed E-state index contributed by atoms with van der Waals surface area (Å²) in [7, 11) is -0.763. The zero-order valence-corrected chi connectivity index (χ0v) is 23.8. The van der Waals surface area contributed by atoms with Gasteiger partial charge >= 0.3 is 0 Å². The molecule has 0 aromatic carbocycles. The van der Waals surface area contributed by atoms with Gasteiger partial charge in [-0.05, 0) is 104 Å². The number of amides is 1. The minimum atomic E-state index is -3.57. The number of carbonyl (C=O) groups excluding carboxylic acids is 1. The van der Waals surface area contributed by atoms with Crippen molar-refractivity contribution >= 4 is 16.0 Å². The monoisotopic (exact) mass is 527 g/mol. The number of hydrogen-bond donors (Lipinski definition) is 2. The molecule has 2 N–H and O–H groups in total. The van der Waals surface area contributed by atoms with Crippen LogP contribution in [0.1, 0.15) is 85.0 Å². The molecule has 0 aromatic rings. The molecule has 0 spiro atoms. The van der Waals surface area contributed by atoms with Crippen molar-refractivity contribution in [1.82, 2.24) is 4.90 Å². The van der Waals surface area contributed by atoms with Gasteiger partial charge < -0.3 is 15.1 Å². The van der Waals surface area contributed by atoms with Crippen LogP contribution >= 0.6 is 0 Å². The minimum absolute atomic E-state index is 0.0160. The zero-order valence-electron chi connectivity index (χ0n) is 23.0. The fourth-order valence-electron chi connectivity index (χ4n) is 9.38. The van der Waals surface area contributed by atoms with Crippen LogP contribution in [0, 0.1) is 46.3 Å². The Morgan fingerprint density at radius 2 is 1.72 bits per heavy atom. The second-order valence-electron chi connectivity index (χ2n) is 13.2. The van der Waals surface area contributed by atoms with Crippen molar-refractivity contribution in [1.29, 1.82) is 0 Å². The molecule has 0 saturated heterocycles. The maximum atomic E-state index is 12.7. The molecule has 4 saturated carbocycles. The van der Waals surface area contributed by atoms with Crippen molar-refractivity contribution in [2.24, 2.45) is 46.3 Å². The molecule has 7 nitrogen and oxygen atoms in total. The fourth-order valence-corrected chi connectivity index (χ4v) is 10.0. The molecule has 208 valence electrons. The first-order chi connectivity index (χ1) is 16.8. The van der Waals surface area contributed by atoms with Crippen LogP contribution in [0.3, 0.4) is 0 Å². The zero-order chi connectivity index (χ0) is 26.5. The number of nitrogens with zero attached hydrogens (tertiary/aromatic N) is 1. The Morgan fingerprint density at radius 3 is 2.42 bits per heavy atom. The molecule has 4 aliphatic rings. The second-order valence-corrected chi connectivity index (χ2v) is 15.1. The highest BCUT2D eigenvalue weighted by Crippen LogP contribution is 2.68. The third kappa shape index (κ3) is 5.13. The van der Waals surface area contributed by atoms with E-state index in [0.717, 1.165) is 58.5 Å². The van der Waals surface area contributed by atoms with Crippen molar-refractivity contribution < 1.29 is 27.6 Å². The number of hydrogen-bond acceptors (Lipinski definition) is 6. The molecule has 0 bridgehead atoms. The summed E-state index contributed by atoms with van der Waals surface area (Å²) >= 11 is 0. The van der Waals surface area contributed by atoms with Crippen molar-refractivity contribution in [2.75, 3.05) is 26.5 Å². The summed E-state index contributed by atoms with van der Waals surface area (Å²) in [5.41, 5.74) is 0.432. The third-order valence-electron chi connectivity index (χ3n) is 11.6. The number of rotatable bonds is 8. The summed E-state index contributed by atoms with van der Waals surface area (Å²) in [6.07, 6.45) is 9.10. The van der Waals surface area contributed by atoms with Crippen LogP contribution < -0.4 is 0 Å². The van der Waals surface area contributed by atoms with Crippen molar-refractivity contribution in [3.63, 3.8) is 0 Å². The van der Waals surface area contributed by atoms with E-state index >= 15 is 0 Å². The lowest BCUT2D eigenvalue weighted by atomic mass is 9.43. The SMILES string of the molecule is COS(=O)(=O)CCN(C)C(=O)CC[C@@H](C)[C@H]1CC[C@H]2[C@@H]3[C@H](O)C[C@@H]4C[C@H](O)CC[C@]4(C)[C@H]3CC[C@]12C. The van der Waals surface area contributed by atoms with Gasteiger partial charge in [-0.3, -0.25) is 8.98 Å². The first-order valence-corrected chi connectivity index (χ1v) is 15.8. The number of carbonyl (C=O) groups is 1. The lowest BCUT2D eigenvalue weighted by Crippen LogP contribution is -2.58. The van der Waals surface area contributed by atoms with Gasteiger partial charge in [0.05, 0.1) is 25.1 Å². The van der Waals surface area contributed by atoms with Gasteiger partial charge in [0.15, 0.2) is 0 Å². The van der Waals surface area contributed by atoms with E-state index < -0.39 is 10.1 Å². The maximum absolute atomic E-state index is 12.7. The molecule has 36 heavy (non-hydrogen) atoms. The van der Waals surface area contributed by atoms with E-state index in [0.29, 0.717) is 41.9 Å². The largest absolute Gasteiger partial charge is 0.393 e. The molecule has 0 radical (unpaired) electrons. The summed E-state index contributed by atoms with van der Waals surface area (Å²) in [4.78, 5) is 14.2. The molecular weight excluding hydrogens is 478 g/mol. The predicted molar refractivity (Wildman–Crippen MR) is 139 cm³/mol. The summed E-state index contributed by atoms with van der Waals surface area (Å²) in [6, 6.07) is 0. The average Bonchev–Trinajstić information content (AvgIpc) is 3.19. The molecule has 10 atom stereocenters. The van der Waals surface area contributed by atoms with Gasteiger partial charge in [-0.25, -0.2) is 0 Å². The highest BCUT2D eigenvalue weighted by atomic mass is 32.2. The average molecular weight is 528 g/mol. The van der Waals surface area contributed by atoms with Crippen LogP contribution in [0.5, 0.6) is 0 Å². The first kappa shape index (κ1) is 28.3. The topological polar surface area (TPSA) is 104 Å². The van der Waals surface area contributed by atoms with E-state index in [9.17, 15) is 23.4 Å². The smallest absolute Gasteiger partial charge is 0.268 e. The summed E-state index contributed by atoms with van der Waals surface area (Å²) in [6.45, 7) is 7.33. The molecular formula is C28H49NO6S. The van der Waals surface area contributed by atoms with E-state index in [-0.39, 0.29) is 41.2 Å². The van der Waals surface area contributed by atoms with Gasteiger partial charge in [-0.2, -0.15) is 8.42 Å². The van der Waals surface area contributed by atoms with E-state index in [2.05, 4.69) is 25.0 Å². The quantitative estimate of drug-likeness (QED) is 0.465. The maximum Gasteiger partial charge on any atom is 0.268 e. The summed E-state index contributed by atoms with van der Waals surface area (Å²) in [5, 5.41) is 21.7. The molecule has 0 heterocycles. The highest BCUT2D eigenvalue weighted by Gasteiger charge is 2.62. The van der Waals surface area contributed by atoms with Crippen molar-refractivity contribution in [2.45, 2.75) is 97.2 Å². The molecule has 0 aliphatic heterocycles. The predicted octanol–water partition coefficient (Wildman–Crippen LogP) is 3.83. The summed E-state index contributed by atoms with van der Waals surface area (Å²) < 4.78 is 27.6. The Hall–Kier alpha value is -0.700. The second kappa shape index (κ2) is 10.5. The van der Waals surface area contributed by atoms with Gasteiger partial charge in [-0.1, -0.05) is 20.8 Å². The minimum Gasteiger partial charge on any atom is -0.393 e. The van der Waals surface area contributed by atoms with Crippen molar-refractivity contribution in [3.8, 4) is 0 Å². The van der Waals surface area contributed by atoms with Gasteiger partial charge in [-0.15, -0.1) is 0 Å². The summed E-state index contributed by atoms with van der Waals surface area (Å²) in [5.74, 6) is 2.61. The van der Waals surface area contributed by atoms with Gasteiger partial charge in [0.2, 0.25) is 5.91 Å². The fraction of sp³-hybridized carbons (Fsp3) is 0.964. The number of fused-ring (bicyclic) bond motifs is 5. The van der Waals surface area contributed by atoms with Crippen LogP contribution in [0.4, 0.5) is 0 Å². The Labute approximate surface area is 218 Å². The van der Waals surface area contributed by atoms with E-state index in [1.54, 1.807) is 7.05 Å². The van der Waals surface area contributed by atoms with Crippen LogP contribution in [-0.4, -0.2) is 68.1 Å². The first-order valence-electron chi connectivity index (χ1n) is 14.2. The Bertz CT molecular complexity index is 910. The van der Waals surface area contributed by atoms with Crippen LogP contribution in [0.2, 0.25) is 0 Å². The van der Waals surface area contributed by atoms with E-state index in [1.165, 1.54) is 11.3 Å². The van der Waals surface area contributed by atoms with Crippen LogP contribution in [-0.2, 0) is 19.1 Å². The Morgan fingerprint density at radius 1 is 1.06 bits per heavy atom. The van der Waals surface area contributed by atoms with Crippen molar-refractivity contribution in [3.05, 3.63) is 0 Å². The van der Waals surface area contributed by atoms with E-state index in [4.69, 9.17) is 0 Å². The number of aliphatic hydroxyl groups excluding tert-OH is 2. The molecule has 0 aromatic heterocycles. The normalized spacial score (nSPS) is 43.2. The Balaban J connectivity index is 1.38. The molecule has 1 amide bonds. The lowest BCUT2D eigenvalue weighted by molar-refractivity contribution is -0.174. The number of aliphatic hydroxyl groups is 2. The van der Waals surface area contributed by atoms with Gasteiger partial charge in [0.25, 0.3) is 10.1 Å². The van der Waals surface area contributed by atoms with Gasteiger partial charge in [0, 0.05) is 20.0 Å².